The highest BCUT2D eigenvalue weighted by Crippen LogP contribution is 2.35. The topological polar surface area (TPSA) is 126 Å². The molecule has 5 heterocycles. The Labute approximate surface area is 177 Å². The zero-order chi connectivity index (χ0) is 21.5. The summed E-state index contributed by atoms with van der Waals surface area (Å²) in [5.74, 6) is 1.49. The van der Waals surface area contributed by atoms with Crippen molar-refractivity contribution in [3.63, 3.8) is 0 Å². The SMILES string of the molecule is COC(=O)NC1CN(c2ncnn3c(C)nc(-c4cn[nH]c4-c4ccc(C)cn4)c23)C1. The molecule has 1 aliphatic heterocycles. The van der Waals surface area contributed by atoms with Crippen LogP contribution < -0.4 is 10.2 Å². The van der Waals surface area contributed by atoms with E-state index < -0.39 is 6.09 Å². The Kier molecular flexibility index (Phi) is 4.50. The lowest BCUT2D eigenvalue weighted by atomic mass is 10.1. The Balaban J connectivity index is 1.56. The highest BCUT2D eigenvalue weighted by molar-refractivity contribution is 5.91. The van der Waals surface area contributed by atoms with Crippen LogP contribution in [0.2, 0.25) is 0 Å². The predicted molar refractivity (Wildman–Crippen MR) is 113 cm³/mol. The second-order valence-electron chi connectivity index (χ2n) is 7.47. The number of anilines is 1. The van der Waals surface area contributed by atoms with Crippen LogP contribution in [0.1, 0.15) is 11.4 Å². The molecule has 4 aromatic rings. The van der Waals surface area contributed by atoms with Crippen LogP contribution in [0.5, 0.6) is 0 Å². The first-order valence-corrected chi connectivity index (χ1v) is 9.81. The molecule has 1 amide bonds. The molecule has 11 heteroatoms. The molecule has 0 bridgehead atoms. The number of carbonyl (C=O) groups excluding carboxylic acids is 1. The zero-order valence-electron chi connectivity index (χ0n) is 17.3. The summed E-state index contributed by atoms with van der Waals surface area (Å²) in [4.78, 5) is 27.4. The van der Waals surface area contributed by atoms with Gasteiger partial charge in [-0.3, -0.25) is 10.1 Å². The Morgan fingerprint density at radius 3 is 2.81 bits per heavy atom. The van der Waals surface area contributed by atoms with E-state index in [0.29, 0.717) is 13.1 Å². The van der Waals surface area contributed by atoms with Crippen molar-refractivity contribution in [3.05, 3.63) is 42.2 Å². The number of H-pyrrole nitrogens is 1. The molecule has 0 unspecified atom stereocenters. The van der Waals surface area contributed by atoms with Gasteiger partial charge in [-0.05, 0) is 25.5 Å². The lowest BCUT2D eigenvalue weighted by Gasteiger charge is -2.40. The fraction of sp³-hybridized carbons (Fsp3) is 0.300. The number of carbonyl (C=O) groups is 1. The van der Waals surface area contributed by atoms with Gasteiger partial charge in [-0.25, -0.2) is 19.3 Å². The van der Waals surface area contributed by atoms with Gasteiger partial charge in [-0.2, -0.15) is 10.2 Å². The molecule has 5 rings (SSSR count). The summed E-state index contributed by atoms with van der Waals surface area (Å²) in [7, 11) is 1.35. The molecule has 0 spiro atoms. The molecule has 1 fully saturated rings. The molecule has 158 valence electrons. The smallest absolute Gasteiger partial charge is 0.407 e. The lowest BCUT2D eigenvalue weighted by Crippen LogP contribution is -2.59. The quantitative estimate of drug-likeness (QED) is 0.512. The summed E-state index contributed by atoms with van der Waals surface area (Å²) >= 11 is 0. The fourth-order valence-electron chi connectivity index (χ4n) is 3.72. The maximum atomic E-state index is 11.5. The Hall–Kier alpha value is -4.02. The number of hydrogen-bond acceptors (Lipinski definition) is 8. The number of nitrogens with zero attached hydrogens (tertiary/aromatic N) is 7. The Morgan fingerprint density at radius 2 is 2.06 bits per heavy atom. The number of hydrogen-bond donors (Lipinski definition) is 2. The normalized spacial score (nSPS) is 14.0. The van der Waals surface area contributed by atoms with Crippen LogP contribution in [0, 0.1) is 13.8 Å². The van der Waals surface area contributed by atoms with E-state index in [-0.39, 0.29) is 6.04 Å². The van der Waals surface area contributed by atoms with Crippen molar-refractivity contribution in [2.45, 2.75) is 19.9 Å². The highest BCUT2D eigenvalue weighted by atomic mass is 16.5. The monoisotopic (exact) mass is 419 g/mol. The van der Waals surface area contributed by atoms with Gasteiger partial charge in [0, 0.05) is 24.8 Å². The third-order valence-electron chi connectivity index (χ3n) is 5.33. The zero-order valence-corrected chi connectivity index (χ0v) is 17.3. The lowest BCUT2D eigenvalue weighted by molar-refractivity contribution is 0.164. The molecule has 1 saturated heterocycles. The van der Waals surface area contributed by atoms with Crippen LogP contribution in [0.25, 0.3) is 28.2 Å². The number of amides is 1. The van der Waals surface area contributed by atoms with Crippen LogP contribution in [0.3, 0.4) is 0 Å². The highest BCUT2D eigenvalue weighted by Gasteiger charge is 2.32. The summed E-state index contributed by atoms with van der Waals surface area (Å²) in [5.41, 5.74) is 4.97. The third-order valence-corrected chi connectivity index (χ3v) is 5.33. The number of methoxy groups -OCH3 is 1. The van der Waals surface area contributed by atoms with E-state index in [1.54, 1.807) is 10.7 Å². The molecule has 2 N–H and O–H groups in total. The molecular formula is C20H21N9O2. The van der Waals surface area contributed by atoms with Crippen LogP contribution in [0.4, 0.5) is 10.6 Å². The van der Waals surface area contributed by atoms with Gasteiger partial charge in [-0.15, -0.1) is 0 Å². The average molecular weight is 419 g/mol. The summed E-state index contributed by atoms with van der Waals surface area (Å²) in [6, 6.07) is 3.95. The average Bonchev–Trinajstić information content (AvgIpc) is 3.35. The van der Waals surface area contributed by atoms with Gasteiger partial charge in [0.15, 0.2) is 5.82 Å². The maximum Gasteiger partial charge on any atom is 0.407 e. The van der Waals surface area contributed by atoms with Gasteiger partial charge in [0.2, 0.25) is 0 Å². The number of imidazole rings is 1. The second-order valence-corrected chi connectivity index (χ2v) is 7.47. The van der Waals surface area contributed by atoms with Crippen LogP contribution in [-0.4, -0.2) is 67.1 Å². The van der Waals surface area contributed by atoms with E-state index in [9.17, 15) is 4.79 Å². The van der Waals surface area contributed by atoms with Gasteiger partial charge >= 0.3 is 6.09 Å². The van der Waals surface area contributed by atoms with Gasteiger partial charge in [0.05, 0.1) is 30.7 Å². The number of nitrogens with one attached hydrogen (secondary N) is 2. The van der Waals surface area contributed by atoms with Crippen LogP contribution in [-0.2, 0) is 4.74 Å². The minimum atomic E-state index is -0.438. The molecule has 31 heavy (non-hydrogen) atoms. The van der Waals surface area contributed by atoms with E-state index in [4.69, 9.17) is 4.98 Å². The third kappa shape index (κ3) is 3.23. The number of alkyl carbamates (subject to hydrolysis) is 1. The summed E-state index contributed by atoms with van der Waals surface area (Å²) in [5, 5.41) is 14.5. The summed E-state index contributed by atoms with van der Waals surface area (Å²) < 4.78 is 6.45. The summed E-state index contributed by atoms with van der Waals surface area (Å²) in [6.07, 6.45) is 4.64. The number of aromatic amines is 1. The molecule has 0 saturated carbocycles. The van der Waals surface area contributed by atoms with Crippen LogP contribution in [0.15, 0.2) is 30.9 Å². The van der Waals surface area contributed by atoms with Crippen molar-refractivity contribution in [1.29, 1.82) is 0 Å². The summed E-state index contributed by atoms with van der Waals surface area (Å²) in [6.45, 7) is 5.12. The fourth-order valence-corrected chi connectivity index (χ4v) is 3.72. The van der Waals surface area contributed by atoms with E-state index >= 15 is 0 Å². The maximum absolute atomic E-state index is 11.5. The van der Waals surface area contributed by atoms with E-state index in [1.165, 1.54) is 13.4 Å². The van der Waals surface area contributed by atoms with Crippen molar-refractivity contribution in [3.8, 4) is 22.6 Å². The Bertz CT molecular complexity index is 1260. The predicted octanol–water partition coefficient (Wildman–Crippen LogP) is 1.74. The van der Waals surface area contributed by atoms with Crippen molar-refractivity contribution >= 4 is 17.4 Å². The van der Waals surface area contributed by atoms with Gasteiger partial charge in [0.1, 0.15) is 23.4 Å². The van der Waals surface area contributed by atoms with Crippen molar-refractivity contribution in [2.24, 2.45) is 0 Å². The first-order valence-electron chi connectivity index (χ1n) is 9.81. The van der Waals surface area contributed by atoms with Gasteiger partial charge in [0.25, 0.3) is 0 Å². The standard InChI is InChI=1S/C20H21N9O2/c1-11-4-5-15(21-6-11)16-14(7-23-27-16)17-18-19(22-10-24-29(18)12(2)25-17)28-8-13(9-28)26-20(30)31-3/h4-7,10,13H,8-9H2,1-3H3,(H,23,27)(H,26,30). The molecule has 4 aromatic heterocycles. The number of pyridine rings is 1. The van der Waals surface area contributed by atoms with E-state index in [1.807, 2.05) is 32.2 Å². The largest absolute Gasteiger partial charge is 0.453 e. The van der Waals surface area contributed by atoms with Gasteiger partial charge in [-0.1, -0.05) is 6.07 Å². The molecular weight excluding hydrogens is 398 g/mol. The first-order chi connectivity index (χ1) is 15.0. The van der Waals surface area contributed by atoms with Gasteiger partial charge < -0.3 is 15.0 Å². The molecule has 0 atom stereocenters. The Morgan fingerprint density at radius 1 is 1.23 bits per heavy atom. The second kappa shape index (κ2) is 7.35. The number of fused-ring (bicyclic) bond motifs is 1. The van der Waals surface area contributed by atoms with Crippen molar-refractivity contribution in [1.82, 2.24) is 40.1 Å². The minimum absolute atomic E-state index is 0.00354. The molecule has 11 nitrogen and oxygen atoms in total. The molecule has 0 aliphatic carbocycles. The number of aryl methyl sites for hydroxylation is 2. The molecule has 0 radical (unpaired) electrons. The molecule has 0 aromatic carbocycles. The molecule has 1 aliphatic rings. The number of rotatable bonds is 4. The minimum Gasteiger partial charge on any atom is -0.453 e. The van der Waals surface area contributed by atoms with E-state index in [0.717, 1.165) is 45.4 Å². The first kappa shape index (κ1) is 19.0. The van der Waals surface area contributed by atoms with E-state index in [2.05, 4.69) is 40.2 Å². The number of ether oxygens (including phenoxy) is 1. The van der Waals surface area contributed by atoms with Crippen molar-refractivity contribution in [2.75, 3.05) is 25.1 Å². The van der Waals surface area contributed by atoms with Crippen LogP contribution >= 0.6 is 0 Å². The van der Waals surface area contributed by atoms with Crippen molar-refractivity contribution < 1.29 is 9.53 Å². The number of aromatic nitrogens is 7.